The van der Waals surface area contributed by atoms with Crippen molar-refractivity contribution in [3.05, 3.63) is 24.0 Å². The zero-order valence-corrected chi connectivity index (χ0v) is 10.7. The maximum Gasteiger partial charge on any atom is 0.253 e. The van der Waals surface area contributed by atoms with Crippen molar-refractivity contribution in [1.29, 1.82) is 0 Å². The number of nitrogens with two attached hydrogens (primary N) is 1. The molecule has 5 heteroatoms. The monoisotopic (exact) mass is 248 g/mol. The van der Waals surface area contributed by atoms with Crippen LogP contribution in [0.5, 0.6) is 0 Å². The molecule has 1 amide bonds. The Labute approximate surface area is 107 Å². The van der Waals surface area contributed by atoms with E-state index in [1.165, 1.54) is 19.0 Å². The van der Waals surface area contributed by atoms with Crippen molar-refractivity contribution in [1.82, 2.24) is 15.2 Å². The van der Waals surface area contributed by atoms with Crippen LogP contribution in [0.3, 0.4) is 0 Å². The van der Waals surface area contributed by atoms with Gasteiger partial charge in [0.2, 0.25) is 0 Å². The average molecular weight is 248 g/mol. The lowest BCUT2D eigenvalue weighted by atomic mass is 10.0. The van der Waals surface area contributed by atoms with E-state index in [1.807, 2.05) is 0 Å². The maximum atomic E-state index is 12.0. The van der Waals surface area contributed by atoms with Crippen molar-refractivity contribution >= 4 is 11.6 Å². The van der Waals surface area contributed by atoms with Gasteiger partial charge in [-0.25, -0.2) is 0 Å². The lowest BCUT2D eigenvalue weighted by molar-refractivity contribution is 0.0929. The predicted molar refractivity (Wildman–Crippen MR) is 71.3 cm³/mol. The Kier molecular flexibility index (Phi) is 4.15. The molecule has 1 atom stereocenters. The molecule has 1 unspecified atom stereocenters. The van der Waals surface area contributed by atoms with Gasteiger partial charge in [0.15, 0.2) is 0 Å². The Morgan fingerprint density at radius 3 is 3.17 bits per heavy atom. The maximum absolute atomic E-state index is 12.0. The highest BCUT2D eigenvalue weighted by Crippen LogP contribution is 2.14. The molecule has 0 spiro atoms. The highest BCUT2D eigenvalue weighted by Gasteiger charge is 2.19. The molecular formula is C13H20N4O. The van der Waals surface area contributed by atoms with Crippen LogP contribution in [-0.4, -0.2) is 42.0 Å². The minimum Gasteiger partial charge on any atom is -0.397 e. The van der Waals surface area contributed by atoms with Gasteiger partial charge in [-0.3, -0.25) is 9.78 Å². The first kappa shape index (κ1) is 12.8. The number of amides is 1. The van der Waals surface area contributed by atoms with Gasteiger partial charge in [-0.2, -0.15) is 0 Å². The van der Waals surface area contributed by atoms with E-state index in [4.69, 9.17) is 5.73 Å². The lowest BCUT2D eigenvalue weighted by Crippen LogP contribution is -2.44. The molecule has 1 saturated heterocycles. The number of likely N-dealkylation sites (tertiary alicyclic amines) is 1. The quantitative estimate of drug-likeness (QED) is 0.833. The molecule has 18 heavy (non-hydrogen) atoms. The van der Waals surface area contributed by atoms with Crippen LogP contribution in [0.1, 0.15) is 29.6 Å². The normalized spacial score (nSPS) is 20.6. The molecule has 0 radical (unpaired) electrons. The summed E-state index contributed by atoms with van der Waals surface area (Å²) < 4.78 is 0. The molecule has 1 aliphatic heterocycles. The summed E-state index contributed by atoms with van der Waals surface area (Å²) in [7, 11) is 2.11. The Morgan fingerprint density at radius 1 is 1.61 bits per heavy atom. The largest absolute Gasteiger partial charge is 0.397 e. The smallest absolute Gasteiger partial charge is 0.253 e. The van der Waals surface area contributed by atoms with Crippen molar-refractivity contribution < 1.29 is 4.79 Å². The Bertz CT molecular complexity index is 421. The highest BCUT2D eigenvalue weighted by atomic mass is 16.1. The Hall–Kier alpha value is -1.62. The summed E-state index contributed by atoms with van der Waals surface area (Å²) in [5.74, 6) is -0.117. The van der Waals surface area contributed by atoms with E-state index in [1.54, 1.807) is 12.3 Å². The molecule has 2 heterocycles. The molecule has 1 fully saturated rings. The number of carbonyl (C=O) groups is 1. The molecule has 98 valence electrons. The van der Waals surface area contributed by atoms with E-state index in [9.17, 15) is 4.79 Å². The van der Waals surface area contributed by atoms with Crippen LogP contribution in [0.25, 0.3) is 0 Å². The van der Waals surface area contributed by atoms with Crippen LogP contribution in [0.4, 0.5) is 5.69 Å². The number of hydrogen-bond donors (Lipinski definition) is 2. The average Bonchev–Trinajstić information content (AvgIpc) is 2.38. The van der Waals surface area contributed by atoms with Crippen LogP contribution in [-0.2, 0) is 0 Å². The first-order valence-electron chi connectivity index (χ1n) is 6.36. The number of carbonyl (C=O) groups excluding carboxylic acids is 1. The van der Waals surface area contributed by atoms with Gasteiger partial charge in [-0.05, 0) is 32.5 Å². The molecule has 5 nitrogen and oxygen atoms in total. The van der Waals surface area contributed by atoms with Crippen LogP contribution in [0.2, 0.25) is 0 Å². The van der Waals surface area contributed by atoms with Gasteiger partial charge in [0.25, 0.3) is 5.91 Å². The van der Waals surface area contributed by atoms with E-state index in [2.05, 4.69) is 22.2 Å². The molecule has 2 rings (SSSR count). The minimum absolute atomic E-state index is 0.117. The standard InChI is InChI=1S/C13H20N4O/c1-17-7-3-2-4-10(17)8-16-13(18)11-5-6-15-9-12(11)14/h5-6,9-10H,2-4,7-8,14H2,1H3,(H,16,18). The van der Waals surface area contributed by atoms with Gasteiger partial charge in [0, 0.05) is 18.8 Å². The van der Waals surface area contributed by atoms with E-state index >= 15 is 0 Å². The molecule has 0 aliphatic carbocycles. The van der Waals surface area contributed by atoms with Gasteiger partial charge in [-0.1, -0.05) is 6.42 Å². The van der Waals surface area contributed by atoms with Crippen molar-refractivity contribution in [2.45, 2.75) is 25.3 Å². The Morgan fingerprint density at radius 2 is 2.44 bits per heavy atom. The van der Waals surface area contributed by atoms with Gasteiger partial charge in [-0.15, -0.1) is 0 Å². The number of nitrogens with zero attached hydrogens (tertiary/aromatic N) is 2. The molecule has 0 bridgehead atoms. The number of pyridine rings is 1. The molecule has 1 aromatic heterocycles. The zero-order chi connectivity index (χ0) is 13.0. The number of nitrogens with one attached hydrogen (secondary N) is 1. The van der Waals surface area contributed by atoms with Crippen LogP contribution in [0, 0.1) is 0 Å². The summed E-state index contributed by atoms with van der Waals surface area (Å²) in [5.41, 5.74) is 6.65. The fourth-order valence-corrected chi connectivity index (χ4v) is 2.32. The van der Waals surface area contributed by atoms with Crippen molar-refractivity contribution in [3.8, 4) is 0 Å². The molecule has 3 N–H and O–H groups in total. The third-order valence-corrected chi connectivity index (χ3v) is 3.52. The summed E-state index contributed by atoms with van der Waals surface area (Å²) in [6.45, 7) is 1.79. The Balaban J connectivity index is 1.90. The number of hydrogen-bond acceptors (Lipinski definition) is 4. The summed E-state index contributed by atoms with van der Waals surface area (Å²) in [4.78, 5) is 18.2. The second-order valence-electron chi connectivity index (χ2n) is 4.80. The third-order valence-electron chi connectivity index (χ3n) is 3.52. The molecular weight excluding hydrogens is 228 g/mol. The SMILES string of the molecule is CN1CCCCC1CNC(=O)c1ccncc1N. The summed E-state index contributed by atoms with van der Waals surface area (Å²) in [6, 6.07) is 2.08. The number of rotatable bonds is 3. The molecule has 0 aromatic carbocycles. The number of anilines is 1. The van der Waals surface area contributed by atoms with Crippen LogP contribution < -0.4 is 11.1 Å². The van der Waals surface area contributed by atoms with Crippen LogP contribution in [0.15, 0.2) is 18.5 Å². The number of likely N-dealkylation sites (N-methyl/N-ethyl adjacent to an activating group) is 1. The summed E-state index contributed by atoms with van der Waals surface area (Å²) in [6.07, 6.45) is 6.71. The fourth-order valence-electron chi connectivity index (χ4n) is 2.32. The van der Waals surface area contributed by atoms with Gasteiger partial charge in [0.1, 0.15) is 0 Å². The van der Waals surface area contributed by atoms with Crippen molar-refractivity contribution in [2.24, 2.45) is 0 Å². The van der Waals surface area contributed by atoms with Crippen LogP contribution >= 0.6 is 0 Å². The molecule has 0 saturated carbocycles. The second-order valence-corrected chi connectivity index (χ2v) is 4.80. The highest BCUT2D eigenvalue weighted by molar-refractivity contribution is 5.98. The van der Waals surface area contributed by atoms with E-state index < -0.39 is 0 Å². The van der Waals surface area contributed by atoms with Crippen molar-refractivity contribution in [3.63, 3.8) is 0 Å². The third kappa shape index (κ3) is 2.98. The first-order chi connectivity index (χ1) is 8.68. The molecule has 1 aliphatic rings. The van der Waals surface area contributed by atoms with Gasteiger partial charge >= 0.3 is 0 Å². The number of piperidine rings is 1. The van der Waals surface area contributed by atoms with E-state index in [0.717, 1.165) is 13.0 Å². The predicted octanol–water partition coefficient (Wildman–Crippen LogP) is 0.878. The topological polar surface area (TPSA) is 71.2 Å². The fraction of sp³-hybridized carbons (Fsp3) is 0.538. The van der Waals surface area contributed by atoms with Crippen molar-refractivity contribution in [2.75, 3.05) is 25.9 Å². The zero-order valence-electron chi connectivity index (χ0n) is 10.7. The lowest BCUT2D eigenvalue weighted by Gasteiger charge is -2.32. The number of aromatic nitrogens is 1. The molecule has 1 aromatic rings. The second kappa shape index (κ2) is 5.82. The van der Waals surface area contributed by atoms with E-state index in [0.29, 0.717) is 23.8 Å². The van der Waals surface area contributed by atoms with E-state index in [-0.39, 0.29) is 5.91 Å². The number of nitrogen functional groups attached to an aromatic ring is 1. The summed E-state index contributed by atoms with van der Waals surface area (Å²) in [5, 5.41) is 2.95. The summed E-state index contributed by atoms with van der Waals surface area (Å²) >= 11 is 0. The minimum atomic E-state index is -0.117. The van der Waals surface area contributed by atoms with Gasteiger partial charge in [0.05, 0.1) is 17.4 Å². The van der Waals surface area contributed by atoms with Gasteiger partial charge < -0.3 is 16.0 Å². The first-order valence-corrected chi connectivity index (χ1v) is 6.36.